The minimum Gasteiger partial charge on any atom is -0.457 e. The summed E-state index contributed by atoms with van der Waals surface area (Å²) in [5.41, 5.74) is 3.36. The standard InChI is InChI=1S/C15H13BrO2/c16-15-13(7-8-18-15)14(17)12-6-5-10-3-1-2-4-11(10)9-12/h1-4,7-8,12H,5-6,9H2. The average Bonchev–Trinajstić information content (AvgIpc) is 2.83. The van der Waals surface area contributed by atoms with Crippen molar-refractivity contribution in [2.75, 3.05) is 0 Å². The Kier molecular flexibility index (Phi) is 3.08. The van der Waals surface area contributed by atoms with Crippen molar-refractivity contribution in [3.8, 4) is 0 Å². The van der Waals surface area contributed by atoms with Crippen LogP contribution in [0.25, 0.3) is 0 Å². The molecule has 0 N–H and O–H groups in total. The topological polar surface area (TPSA) is 30.2 Å². The van der Waals surface area contributed by atoms with Gasteiger partial charge in [0.05, 0.1) is 11.8 Å². The van der Waals surface area contributed by atoms with E-state index in [1.165, 1.54) is 11.1 Å². The Morgan fingerprint density at radius 2 is 2.00 bits per heavy atom. The highest BCUT2D eigenvalue weighted by Gasteiger charge is 2.27. The third-order valence-corrected chi connectivity index (χ3v) is 4.22. The van der Waals surface area contributed by atoms with Crippen LogP contribution < -0.4 is 0 Å². The van der Waals surface area contributed by atoms with E-state index in [0.29, 0.717) is 10.2 Å². The highest BCUT2D eigenvalue weighted by molar-refractivity contribution is 9.10. The molecule has 1 aromatic heterocycles. The fraction of sp³-hybridized carbons (Fsp3) is 0.267. The third kappa shape index (κ3) is 2.03. The molecule has 0 bridgehead atoms. The van der Waals surface area contributed by atoms with Gasteiger partial charge in [-0.25, -0.2) is 0 Å². The van der Waals surface area contributed by atoms with Gasteiger partial charge in [0.15, 0.2) is 10.5 Å². The Balaban J connectivity index is 1.84. The first-order valence-electron chi connectivity index (χ1n) is 6.09. The van der Waals surface area contributed by atoms with Crippen molar-refractivity contribution < 1.29 is 9.21 Å². The summed E-state index contributed by atoms with van der Waals surface area (Å²) in [6, 6.07) is 10.1. The second kappa shape index (κ2) is 4.73. The van der Waals surface area contributed by atoms with Crippen molar-refractivity contribution in [1.29, 1.82) is 0 Å². The zero-order valence-corrected chi connectivity index (χ0v) is 11.4. The van der Waals surface area contributed by atoms with E-state index in [0.717, 1.165) is 19.3 Å². The number of rotatable bonds is 2. The first-order valence-corrected chi connectivity index (χ1v) is 6.89. The first-order chi connectivity index (χ1) is 8.75. The van der Waals surface area contributed by atoms with Crippen molar-refractivity contribution in [3.05, 3.63) is 58.0 Å². The van der Waals surface area contributed by atoms with Gasteiger partial charge in [0.1, 0.15) is 0 Å². The van der Waals surface area contributed by atoms with Gasteiger partial charge >= 0.3 is 0 Å². The highest BCUT2D eigenvalue weighted by atomic mass is 79.9. The van der Waals surface area contributed by atoms with E-state index in [9.17, 15) is 4.79 Å². The molecule has 0 fully saturated rings. The molecule has 2 aromatic rings. The number of halogens is 1. The summed E-state index contributed by atoms with van der Waals surface area (Å²) in [6.45, 7) is 0. The van der Waals surface area contributed by atoms with Crippen molar-refractivity contribution in [3.63, 3.8) is 0 Å². The Labute approximate surface area is 114 Å². The Morgan fingerprint density at radius 3 is 2.72 bits per heavy atom. The lowest BCUT2D eigenvalue weighted by Gasteiger charge is -2.23. The van der Waals surface area contributed by atoms with Crippen LogP contribution >= 0.6 is 15.9 Å². The van der Waals surface area contributed by atoms with E-state index in [1.54, 1.807) is 12.3 Å². The Bertz CT molecular complexity index is 586. The highest BCUT2D eigenvalue weighted by Crippen LogP contribution is 2.30. The van der Waals surface area contributed by atoms with Gasteiger partial charge in [0.25, 0.3) is 0 Å². The molecule has 0 radical (unpaired) electrons. The van der Waals surface area contributed by atoms with Crippen LogP contribution in [0.5, 0.6) is 0 Å². The summed E-state index contributed by atoms with van der Waals surface area (Å²) >= 11 is 3.28. The van der Waals surface area contributed by atoms with Crippen molar-refractivity contribution >= 4 is 21.7 Å². The summed E-state index contributed by atoms with van der Waals surface area (Å²) in [4.78, 5) is 12.4. The maximum atomic E-state index is 12.4. The number of ketones is 1. The molecule has 3 heteroatoms. The normalized spacial score (nSPS) is 18.4. The molecule has 0 amide bonds. The smallest absolute Gasteiger partial charge is 0.179 e. The summed E-state index contributed by atoms with van der Waals surface area (Å²) < 4.78 is 5.69. The molecule has 1 heterocycles. The summed E-state index contributed by atoms with van der Waals surface area (Å²) in [6.07, 6.45) is 4.30. The fourth-order valence-corrected chi connectivity index (χ4v) is 3.05. The van der Waals surface area contributed by atoms with E-state index in [2.05, 4.69) is 34.1 Å². The monoisotopic (exact) mass is 304 g/mol. The van der Waals surface area contributed by atoms with Gasteiger partial charge in [0.2, 0.25) is 0 Å². The number of aryl methyl sites for hydroxylation is 1. The molecular weight excluding hydrogens is 292 g/mol. The van der Waals surface area contributed by atoms with Crippen molar-refractivity contribution in [2.45, 2.75) is 19.3 Å². The lowest BCUT2D eigenvalue weighted by molar-refractivity contribution is 0.0907. The van der Waals surface area contributed by atoms with Crippen LogP contribution in [0, 0.1) is 5.92 Å². The number of hydrogen-bond acceptors (Lipinski definition) is 2. The van der Waals surface area contributed by atoms with E-state index < -0.39 is 0 Å². The van der Waals surface area contributed by atoms with Crippen LogP contribution in [0.2, 0.25) is 0 Å². The Morgan fingerprint density at radius 1 is 1.22 bits per heavy atom. The third-order valence-electron chi connectivity index (χ3n) is 3.60. The maximum absolute atomic E-state index is 12.4. The number of Topliss-reactive ketones (excluding diaryl/α,β-unsaturated/α-hetero) is 1. The number of benzene rings is 1. The second-order valence-electron chi connectivity index (χ2n) is 4.68. The number of carbonyl (C=O) groups excluding carboxylic acids is 1. The SMILES string of the molecule is O=C(c1ccoc1Br)C1CCc2ccccc2C1. The van der Waals surface area contributed by atoms with E-state index in [-0.39, 0.29) is 11.7 Å². The largest absolute Gasteiger partial charge is 0.457 e. The molecule has 1 unspecified atom stereocenters. The lowest BCUT2D eigenvalue weighted by Crippen LogP contribution is -2.22. The van der Waals surface area contributed by atoms with Crippen LogP contribution in [0.4, 0.5) is 0 Å². The van der Waals surface area contributed by atoms with Crippen LogP contribution in [-0.4, -0.2) is 5.78 Å². The minimum absolute atomic E-state index is 0.0776. The lowest BCUT2D eigenvalue weighted by atomic mass is 9.80. The van der Waals surface area contributed by atoms with Crippen LogP contribution in [0.1, 0.15) is 27.9 Å². The molecule has 1 aliphatic rings. The molecule has 1 aromatic carbocycles. The zero-order valence-electron chi connectivity index (χ0n) is 9.86. The predicted octanol–water partition coefficient (Wildman–Crippen LogP) is 4.03. The number of fused-ring (bicyclic) bond motifs is 1. The molecule has 1 atom stereocenters. The summed E-state index contributed by atoms with van der Waals surface area (Å²) in [5, 5.41) is 0. The van der Waals surface area contributed by atoms with Gasteiger partial charge in [0, 0.05) is 5.92 Å². The molecule has 92 valence electrons. The summed E-state index contributed by atoms with van der Waals surface area (Å²) in [7, 11) is 0. The molecule has 0 saturated carbocycles. The van der Waals surface area contributed by atoms with Gasteiger partial charge in [-0.1, -0.05) is 24.3 Å². The van der Waals surface area contributed by atoms with Gasteiger partial charge in [-0.2, -0.15) is 0 Å². The molecule has 0 spiro atoms. The molecule has 0 saturated heterocycles. The first kappa shape index (κ1) is 11.7. The molecule has 0 aliphatic heterocycles. The average molecular weight is 305 g/mol. The Hall–Kier alpha value is -1.35. The zero-order chi connectivity index (χ0) is 12.5. The van der Waals surface area contributed by atoms with E-state index >= 15 is 0 Å². The summed E-state index contributed by atoms with van der Waals surface area (Å²) in [5.74, 6) is 0.263. The van der Waals surface area contributed by atoms with E-state index in [4.69, 9.17) is 4.42 Å². The van der Waals surface area contributed by atoms with E-state index in [1.807, 2.05) is 6.07 Å². The van der Waals surface area contributed by atoms with Crippen LogP contribution in [0.3, 0.4) is 0 Å². The molecule has 3 rings (SSSR count). The molecule has 2 nitrogen and oxygen atoms in total. The van der Waals surface area contributed by atoms with Crippen LogP contribution in [0.15, 0.2) is 45.7 Å². The van der Waals surface area contributed by atoms with Gasteiger partial charge < -0.3 is 4.42 Å². The van der Waals surface area contributed by atoms with Gasteiger partial charge in [-0.05, 0) is 52.4 Å². The number of furan rings is 1. The van der Waals surface area contributed by atoms with Crippen LogP contribution in [-0.2, 0) is 12.8 Å². The predicted molar refractivity (Wildman–Crippen MR) is 72.7 cm³/mol. The fourth-order valence-electron chi connectivity index (χ4n) is 2.61. The molecule has 1 aliphatic carbocycles. The number of hydrogen-bond donors (Lipinski definition) is 0. The minimum atomic E-state index is 0.0776. The number of carbonyl (C=O) groups is 1. The quantitative estimate of drug-likeness (QED) is 0.784. The van der Waals surface area contributed by atoms with Crippen molar-refractivity contribution in [1.82, 2.24) is 0 Å². The second-order valence-corrected chi connectivity index (χ2v) is 5.40. The maximum Gasteiger partial charge on any atom is 0.179 e. The van der Waals surface area contributed by atoms with Crippen molar-refractivity contribution in [2.24, 2.45) is 5.92 Å². The molecule has 18 heavy (non-hydrogen) atoms. The van der Waals surface area contributed by atoms with Gasteiger partial charge in [-0.15, -0.1) is 0 Å². The molecular formula is C15H13BrO2. The van der Waals surface area contributed by atoms with Gasteiger partial charge in [-0.3, -0.25) is 4.79 Å².